The third-order valence-electron chi connectivity index (χ3n) is 4.02. The lowest BCUT2D eigenvalue weighted by molar-refractivity contribution is 0.373. The van der Waals surface area contributed by atoms with Gasteiger partial charge in [0.05, 0.1) is 5.01 Å². The van der Waals surface area contributed by atoms with Crippen molar-refractivity contribution in [2.24, 2.45) is 5.92 Å². The van der Waals surface area contributed by atoms with E-state index in [9.17, 15) is 0 Å². The summed E-state index contributed by atoms with van der Waals surface area (Å²) in [6, 6.07) is 6.30. The standard InChI is InChI=1S/C17H24N4S/c1-13-11-20-17(22-13)7-9-19-16-6-2-5-15(21-16)10-14-4-3-8-18-12-14/h2,5-6,11,14,18H,3-4,7-10,12H2,1H3,(H,19,21)/t14-/m1/s1. The van der Waals surface area contributed by atoms with E-state index < -0.39 is 0 Å². The maximum Gasteiger partial charge on any atom is 0.126 e. The highest BCUT2D eigenvalue weighted by Gasteiger charge is 2.14. The highest BCUT2D eigenvalue weighted by atomic mass is 32.1. The molecule has 0 bridgehead atoms. The van der Waals surface area contributed by atoms with Crippen LogP contribution in [0.5, 0.6) is 0 Å². The van der Waals surface area contributed by atoms with E-state index in [1.807, 2.05) is 6.20 Å². The molecule has 2 aromatic rings. The fraction of sp³-hybridized carbons (Fsp3) is 0.529. The highest BCUT2D eigenvalue weighted by Crippen LogP contribution is 2.17. The highest BCUT2D eigenvalue weighted by molar-refractivity contribution is 7.11. The molecule has 4 nitrogen and oxygen atoms in total. The Kier molecular flexibility index (Phi) is 5.40. The fourth-order valence-electron chi connectivity index (χ4n) is 2.90. The Labute approximate surface area is 136 Å². The number of nitrogens with one attached hydrogen (secondary N) is 2. The number of hydrogen-bond acceptors (Lipinski definition) is 5. The zero-order valence-corrected chi connectivity index (χ0v) is 14.0. The van der Waals surface area contributed by atoms with Crippen molar-refractivity contribution < 1.29 is 0 Å². The largest absolute Gasteiger partial charge is 0.370 e. The number of rotatable bonds is 6. The second-order valence-corrected chi connectivity index (χ2v) is 7.29. The second kappa shape index (κ2) is 7.70. The number of piperidine rings is 1. The van der Waals surface area contributed by atoms with E-state index in [1.165, 1.54) is 35.0 Å². The van der Waals surface area contributed by atoms with E-state index in [1.54, 1.807) is 11.3 Å². The van der Waals surface area contributed by atoms with Crippen molar-refractivity contribution in [3.8, 4) is 0 Å². The first-order chi connectivity index (χ1) is 10.8. The molecular weight excluding hydrogens is 292 g/mol. The van der Waals surface area contributed by atoms with Crippen molar-refractivity contribution in [2.75, 3.05) is 25.0 Å². The van der Waals surface area contributed by atoms with Crippen LogP contribution < -0.4 is 10.6 Å². The van der Waals surface area contributed by atoms with Crippen molar-refractivity contribution in [3.63, 3.8) is 0 Å². The Morgan fingerprint density at radius 1 is 1.41 bits per heavy atom. The second-order valence-electron chi connectivity index (χ2n) is 5.97. The molecule has 0 unspecified atom stereocenters. The molecule has 0 saturated carbocycles. The third-order valence-corrected chi connectivity index (χ3v) is 4.99. The molecule has 0 aromatic carbocycles. The summed E-state index contributed by atoms with van der Waals surface area (Å²) in [7, 11) is 0. The van der Waals surface area contributed by atoms with Gasteiger partial charge in [-0.05, 0) is 57.3 Å². The zero-order chi connectivity index (χ0) is 15.2. The minimum atomic E-state index is 0.731. The van der Waals surface area contributed by atoms with Gasteiger partial charge in [-0.25, -0.2) is 9.97 Å². The molecule has 118 valence electrons. The molecule has 3 heterocycles. The van der Waals surface area contributed by atoms with Gasteiger partial charge in [0, 0.05) is 29.7 Å². The van der Waals surface area contributed by atoms with E-state index in [4.69, 9.17) is 4.98 Å². The topological polar surface area (TPSA) is 49.8 Å². The molecule has 0 radical (unpaired) electrons. The number of thiazole rings is 1. The van der Waals surface area contributed by atoms with Crippen LogP contribution in [0.1, 0.15) is 28.4 Å². The molecule has 0 aliphatic carbocycles. The van der Waals surface area contributed by atoms with Crippen molar-refractivity contribution in [2.45, 2.75) is 32.6 Å². The van der Waals surface area contributed by atoms with Crippen LogP contribution in [-0.4, -0.2) is 29.6 Å². The number of nitrogens with zero attached hydrogens (tertiary/aromatic N) is 2. The monoisotopic (exact) mass is 316 g/mol. The summed E-state index contributed by atoms with van der Waals surface area (Å²) in [5.74, 6) is 1.71. The molecule has 2 N–H and O–H groups in total. The quantitative estimate of drug-likeness (QED) is 0.860. The molecule has 1 aliphatic heterocycles. The zero-order valence-electron chi connectivity index (χ0n) is 13.1. The van der Waals surface area contributed by atoms with Gasteiger partial charge in [0.2, 0.25) is 0 Å². The van der Waals surface area contributed by atoms with Gasteiger partial charge in [-0.15, -0.1) is 11.3 Å². The van der Waals surface area contributed by atoms with Gasteiger partial charge in [-0.2, -0.15) is 0 Å². The third kappa shape index (κ3) is 4.52. The smallest absolute Gasteiger partial charge is 0.126 e. The van der Waals surface area contributed by atoms with E-state index in [0.717, 1.165) is 37.7 Å². The lowest BCUT2D eigenvalue weighted by Crippen LogP contribution is -2.31. The summed E-state index contributed by atoms with van der Waals surface area (Å²) in [6.07, 6.45) is 6.58. The first-order valence-corrected chi connectivity index (χ1v) is 8.93. The average Bonchev–Trinajstić information content (AvgIpc) is 2.94. The number of anilines is 1. The van der Waals surface area contributed by atoms with Crippen molar-refractivity contribution in [3.05, 3.63) is 40.0 Å². The van der Waals surface area contributed by atoms with Crippen molar-refractivity contribution in [1.82, 2.24) is 15.3 Å². The number of aryl methyl sites for hydroxylation is 1. The Hall–Kier alpha value is -1.46. The van der Waals surface area contributed by atoms with Gasteiger partial charge in [-0.1, -0.05) is 6.07 Å². The molecular formula is C17H24N4S. The van der Waals surface area contributed by atoms with Gasteiger partial charge in [0.25, 0.3) is 0 Å². The van der Waals surface area contributed by atoms with Crippen molar-refractivity contribution >= 4 is 17.2 Å². The predicted octanol–water partition coefficient (Wildman–Crippen LogP) is 3.04. The van der Waals surface area contributed by atoms with Gasteiger partial charge in [0.1, 0.15) is 5.82 Å². The van der Waals surface area contributed by atoms with Crippen LogP contribution in [0.25, 0.3) is 0 Å². The number of pyridine rings is 1. The summed E-state index contributed by atoms with van der Waals surface area (Å²) in [4.78, 5) is 10.4. The Morgan fingerprint density at radius 2 is 2.36 bits per heavy atom. The van der Waals surface area contributed by atoms with Crippen LogP contribution in [0.4, 0.5) is 5.82 Å². The van der Waals surface area contributed by atoms with Gasteiger partial charge in [0.15, 0.2) is 0 Å². The van der Waals surface area contributed by atoms with Crippen LogP contribution in [-0.2, 0) is 12.8 Å². The van der Waals surface area contributed by atoms with Crippen LogP contribution in [0, 0.1) is 12.8 Å². The fourth-order valence-corrected chi connectivity index (χ4v) is 3.69. The lowest BCUT2D eigenvalue weighted by atomic mass is 9.94. The summed E-state index contributed by atoms with van der Waals surface area (Å²) in [5, 5.41) is 8.08. The molecule has 0 amide bonds. The van der Waals surface area contributed by atoms with E-state index in [-0.39, 0.29) is 0 Å². The molecule has 22 heavy (non-hydrogen) atoms. The average molecular weight is 316 g/mol. The predicted molar refractivity (Wildman–Crippen MR) is 92.6 cm³/mol. The SMILES string of the molecule is Cc1cnc(CCNc2cccc(C[C@H]3CCCNC3)n2)s1. The van der Waals surface area contributed by atoms with E-state index in [0.29, 0.717) is 0 Å². The molecule has 1 aliphatic rings. The maximum absolute atomic E-state index is 4.75. The van der Waals surface area contributed by atoms with Gasteiger partial charge in [-0.3, -0.25) is 0 Å². The molecule has 3 rings (SSSR count). The molecule has 5 heteroatoms. The minimum Gasteiger partial charge on any atom is -0.370 e. The molecule has 0 spiro atoms. The van der Waals surface area contributed by atoms with Gasteiger partial charge >= 0.3 is 0 Å². The summed E-state index contributed by atoms with van der Waals surface area (Å²) in [6.45, 7) is 5.28. The first kappa shape index (κ1) is 15.4. The van der Waals surface area contributed by atoms with Crippen LogP contribution >= 0.6 is 11.3 Å². The lowest BCUT2D eigenvalue weighted by Gasteiger charge is -2.22. The Bertz CT molecular complexity index is 590. The first-order valence-electron chi connectivity index (χ1n) is 8.11. The summed E-state index contributed by atoms with van der Waals surface area (Å²) in [5.41, 5.74) is 1.20. The van der Waals surface area contributed by atoms with Crippen LogP contribution in [0.15, 0.2) is 24.4 Å². The Morgan fingerprint density at radius 3 is 3.14 bits per heavy atom. The Balaban J connectivity index is 1.50. The molecule has 1 saturated heterocycles. The number of hydrogen-bond donors (Lipinski definition) is 2. The van der Waals surface area contributed by atoms with Crippen LogP contribution in [0.2, 0.25) is 0 Å². The summed E-state index contributed by atoms with van der Waals surface area (Å²) < 4.78 is 0. The van der Waals surface area contributed by atoms with Crippen LogP contribution in [0.3, 0.4) is 0 Å². The molecule has 2 aromatic heterocycles. The molecule has 1 fully saturated rings. The van der Waals surface area contributed by atoms with E-state index >= 15 is 0 Å². The maximum atomic E-state index is 4.75. The van der Waals surface area contributed by atoms with E-state index in [2.05, 4.69) is 40.7 Å². The minimum absolute atomic E-state index is 0.731. The normalized spacial score (nSPS) is 18.3. The number of aromatic nitrogens is 2. The van der Waals surface area contributed by atoms with Crippen molar-refractivity contribution in [1.29, 1.82) is 0 Å². The summed E-state index contributed by atoms with van der Waals surface area (Å²) >= 11 is 1.77. The van der Waals surface area contributed by atoms with Gasteiger partial charge < -0.3 is 10.6 Å². The molecule has 1 atom stereocenters.